The van der Waals surface area contributed by atoms with Crippen molar-refractivity contribution >= 4 is 38.9 Å². The first-order valence-corrected chi connectivity index (χ1v) is 11.3. The van der Waals surface area contributed by atoms with E-state index in [2.05, 4.69) is 9.62 Å². The second kappa shape index (κ2) is 9.41. The Morgan fingerprint density at radius 1 is 1.04 bits per heavy atom. The van der Waals surface area contributed by atoms with Gasteiger partial charge in [0.05, 0.1) is 10.7 Å². The number of hydrogen-bond acceptors (Lipinski definition) is 4. The minimum absolute atomic E-state index is 0.0137. The molecule has 0 saturated carbocycles. The summed E-state index contributed by atoms with van der Waals surface area (Å²) < 4.78 is 41.2. The van der Waals surface area contributed by atoms with E-state index in [1.165, 1.54) is 18.2 Å². The topological polar surface area (TPSA) is 52.7 Å². The van der Waals surface area contributed by atoms with Crippen molar-refractivity contribution in [1.82, 2.24) is 9.62 Å². The van der Waals surface area contributed by atoms with Gasteiger partial charge in [-0.3, -0.25) is 4.90 Å². The normalized spacial score (nSPS) is 15.8. The van der Waals surface area contributed by atoms with Gasteiger partial charge in [-0.1, -0.05) is 35.3 Å². The van der Waals surface area contributed by atoms with Gasteiger partial charge < -0.3 is 4.90 Å². The number of piperazine rings is 1. The Labute approximate surface area is 175 Å². The average Bonchev–Trinajstić information content (AvgIpc) is 2.68. The third kappa shape index (κ3) is 5.36. The molecule has 5 nitrogen and oxygen atoms in total. The summed E-state index contributed by atoms with van der Waals surface area (Å²) in [6.45, 7) is 4.16. The molecule has 28 heavy (non-hydrogen) atoms. The second-order valence-electron chi connectivity index (χ2n) is 6.61. The summed E-state index contributed by atoms with van der Waals surface area (Å²) in [5.74, 6) is -0.204. The van der Waals surface area contributed by atoms with Crippen LogP contribution in [0.1, 0.15) is 6.42 Å². The van der Waals surface area contributed by atoms with Crippen LogP contribution in [0.25, 0.3) is 0 Å². The predicted molar refractivity (Wildman–Crippen MR) is 111 cm³/mol. The van der Waals surface area contributed by atoms with E-state index < -0.39 is 10.0 Å². The van der Waals surface area contributed by atoms with Crippen LogP contribution < -0.4 is 9.62 Å². The van der Waals surface area contributed by atoms with E-state index in [1.54, 1.807) is 18.2 Å². The van der Waals surface area contributed by atoms with Crippen molar-refractivity contribution in [3.63, 3.8) is 0 Å². The Morgan fingerprint density at radius 3 is 2.46 bits per heavy atom. The number of para-hydroxylation sites is 1. The van der Waals surface area contributed by atoms with E-state index in [9.17, 15) is 12.8 Å². The summed E-state index contributed by atoms with van der Waals surface area (Å²) in [6, 6.07) is 11.1. The molecular formula is C19H22Cl2FN3O2S. The van der Waals surface area contributed by atoms with Crippen LogP contribution in [0.3, 0.4) is 0 Å². The maximum absolute atomic E-state index is 13.9. The second-order valence-corrected chi connectivity index (χ2v) is 9.19. The fourth-order valence-corrected chi connectivity index (χ4v) is 5.03. The van der Waals surface area contributed by atoms with Gasteiger partial charge in [-0.25, -0.2) is 17.5 Å². The van der Waals surface area contributed by atoms with Crippen molar-refractivity contribution in [1.29, 1.82) is 0 Å². The molecular weight excluding hydrogens is 424 g/mol. The smallest absolute Gasteiger partial charge is 0.242 e. The minimum atomic E-state index is -3.70. The number of nitrogens with one attached hydrogen (secondary N) is 1. The zero-order valence-electron chi connectivity index (χ0n) is 15.2. The molecule has 2 aromatic carbocycles. The van der Waals surface area contributed by atoms with Crippen molar-refractivity contribution in [3.05, 3.63) is 58.3 Å². The van der Waals surface area contributed by atoms with E-state index in [4.69, 9.17) is 23.2 Å². The highest BCUT2D eigenvalue weighted by molar-refractivity contribution is 7.89. The molecule has 0 atom stereocenters. The Morgan fingerprint density at radius 2 is 1.75 bits per heavy atom. The first-order valence-electron chi connectivity index (χ1n) is 9.03. The lowest BCUT2D eigenvalue weighted by atomic mass is 10.2. The Kier molecular flexibility index (Phi) is 7.17. The highest BCUT2D eigenvalue weighted by Crippen LogP contribution is 2.25. The highest BCUT2D eigenvalue weighted by Gasteiger charge is 2.20. The Bertz CT molecular complexity index is 919. The minimum Gasteiger partial charge on any atom is -0.367 e. The van der Waals surface area contributed by atoms with Crippen molar-refractivity contribution in [2.24, 2.45) is 0 Å². The third-order valence-electron chi connectivity index (χ3n) is 4.69. The van der Waals surface area contributed by atoms with Crippen LogP contribution in [0.4, 0.5) is 10.1 Å². The van der Waals surface area contributed by atoms with Crippen LogP contribution in [0, 0.1) is 5.82 Å². The number of nitrogens with zero attached hydrogens (tertiary/aromatic N) is 2. The van der Waals surface area contributed by atoms with Crippen LogP contribution in [-0.4, -0.2) is 52.6 Å². The summed E-state index contributed by atoms with van der Waals surface area (Å²) in [6.07, 6.45) is 0.664. The van der Waals surface area contributed by atoms with Crippen LogP contribution in [0.15, 0.2) is 47.4 Å². The number of benzene rings is 2. The standard InChI is InChI=1S/C19H22Cl2FN3O2S/c20-15-6-7-16(21)19(14-15)28(26,27)23-8-3-9-24-10-12-25(13-11-24)18-5-2-1-4-17(18)22/h1-2,4-7,14,23H,3,8-13H2. The summed E-state index contributed by atoms with van der Waals surface area (Å²) in [7, 11) is -3.70. The van der Waals surface area contributed by atoms with Gasteiger partial charge in [0.15, 0.2) is 0 Å². The van der Waals surface area contributed by atoms with Crippen LogP contribution >= 0.6 is 23.2 Å². The first-order chi connectivity index (χ1) is 13.4. The lowest BCUT2D eigenvalue weighted by molar-refractivity contribution is 0.255. The SMILES string of the molecule is O=S(=O)(NCCCN1CCN(c2ccccc2F)CC1)c1cc(Cl)ccc1Cl. The van der Waals surface area contributed by atoms with Gasteiger partial charge in [0.25, 0.3) is 0 Å². The zero-order chi connectivity index (χ0) is 20.1. The van der Waals surface area contributed by atoms with Crippen LogP contribution in [0.2, 0.25) is 10.0 Å². The van der Waals surface area contributed by atoms with Crippen LogP contribution in [-0.2, 0) is 10.0 Å². The Balaban J connectivity index is 1.44. The van der Waals surface area contributed by atoms with Gasteiger partial charge >= 0.3 is 0 Å². The quantitative estimate of drug-likeness (QED) is 0.661. The van der Waals surface area contributed by atoms with Crippen molar-refractivity contribution < 1.29 is 12.8 Å². The molecule has 0 spiro atoms. The molecule has 0 amide bonds. The fourth-order valence-electron chi connectivity index (χ4n) is 3.19. The molecule has 0 radical (unpaired) electrons. The molecule has 0 unspecified atom stereocenters. The number of anilines is 1. The molecule has 152 valence electrons. The molecule has 1 aliphatic rings. The molecule has 1 aliphatic heterocycles. The van der Waals surface area contributed by atoms with E-state index in [-0.39, 0.29) is 15.7 Å². The van der Waals surface area contributed by atoms with Gasteiger partial charge in [-0.2, -0.15) is 0 Å². The van der Waals surface area contributed by atoms with Crippen LogP contribution in [0.5, 0.6) is 0 Å². The summed E-state index contributed by atoms with van der Waals surface area (Å²) in [5, 5.41) is 0.457. The molecule has 0 aromatic heterocycles. The molecule has 0 aliphatic carbocycles. The van der Waals surface area contributed by atoms with Crippen molar-refractivity contribution in [2.45, 2.75) is 11.3 Å². The number of rotatable bonds is 7. The fraction of sp³-hybridized carbons (Fsp3) is 0.368. The number of halogens is 3. The van der Waals surface area contributed by atoms with Crippen molar-refractivity contribution in [3.8, 4) is 0 Å². The first kappa shape index (κ1) is 21.3. The zero-order valence-corrected chi connectivity index (χ0v) is 17.6. The summed E-state index contributed by atoms with van der Waals surface area (Å²) in [5.41, 5.74) is 0.633. The van der Waals surface area contributed by atoms with Gasteiger partial charge in [-0.05, 0) is 43.3 Å². The summed E-state index contributed by atoms with van der Waals surface area (Å²) >= 11 is 11.8. The summed E-state index contributed by atoms with van der Waals surface area (Å²) in [4.78, 5) is 4.27. The van der Waals surface area contributed by atoms with Gasteiger partial charge in [-0.15, -0.1) is 0 Å². The third-order valence-corrected chi connectivity index (χ3v) is 6.87. The molecule has 9 heteroatoms. The molecule has 1 saturated heterocycles. The molecule has 0 bridgehead atoms. The van der Waals surface area contributed by atoms with E-state index in [0.717, 1.165) is 32.7 Å². The van der Waals surface area contributed by atoms with Gasteiger partial charge in [0.2, 0.25) is 10.0 Å². The Hall–Kier alpha value is -1.38. The number of hydrogen-bond donors (Lipinski definition) is 1. The van der Waals surface area contributed by atoms with E-state index in [1.807, 2.05) is 11.0 Å². The monoisotopic (exact) mass is 445 g/mol. The maximum atomic E-state index is 13.9. The molecule has 3 rings (SSSR count). The average molecular weight is 446 g/mol. The molecule has 1 N–H and O–H groups in total. The predicted octanol–water partition coefficient (Wildman–Crippen LogP) is 3.62. The number of sulfonamides is 1. The highest BCUT2D eigenvalue weighted by atomic mass is 35.5. The molecule has 1 heterocycles. The largest absolute Gasteiger partial charge is 0.367 e. The molecule has 2 aromatic rings. The maximum Gasteiger partial charge on any atom is 0.242 e. The van der Waals surface area contributed by atoms with E-state index in [0.29, 0.717) is 23.7 Å². The molecule has 1 fully saturated rings. The van der Waals surface area contributed by atoms with Gasteiger partial charge in [0.1, 0.15) is 10.7 Å². The lowest BCUT2D eigenvalue weighted by Crippen LogP contribution is -2.47. The lowest BCUT2D eigenvalue weighted by Gasteiger charge is -2.36. The van der Waals surface area contributed by atoms with E-state index >= 15 is 0 Å². The van der Waals surface area contributed by atoms with Gasteiger partial charge in [0, 0.05) is 37.7 Å². The van der Waals surface area contributed by atoms with Crippen molar-refractivity contribution in [2.75, 3.05) is 44.2 Å².